The zero-order valence-electron chi connectivity index (χ0n) is 11.5. The van der Waals surface area contributed by atoms with Crippen molar-refractivity contribution >= 4 is 0 Å². The van der Waals surface area contributed by atoms with Crippen LogP contribution in [-0.4, -0.2) is 38.8 Å². The number of nitrogens with zero attached hydrogens (tertiary/aromatic N) is 1. The lowest BCUT2D eigenvalue weighted by Gasteiger charge is -2.20. The van der Waals surface area contributed by atoms with Gasteiger partial charge in [0.05, 0.1) is 6.61 Å². The van der Waals surface area contributed by atoms with Crippen LogP contribution in [-0.2, 0) is 17.8 Å². The van der Waals surface area contributed by atoms with Crippen molar-refractivity contribution in [3.8, 4) is 0 Å². The first-order valence-corrected chi connectivity index (χ1v) is 6.34. The highest BCUT2D eigenvalue weighted by Gasteiger charge is 2.04. The maximum Gasteiger partial charge on any atom is 0.0589 e. The molecule has 0 radical (unpaired) electrons. The van der Waals surface area contributed by atoms with Gasteiger partial charge in [-0.3, -0.25) is 4.90 Å². The molecule has 0 heterocycles. The molecule has 0 aromatic heterocycles. The molecule has 0 amide bonds. The van der Waals surface area contributed by atoms with Crippen LogP contribution in [0.4, 0.5) is 0 Å². The van der Waals surface area contributed by atoms with Crippen LogP contribution < -0.4 is 5.32 Å². The Morgan fingerprint density at radius 1 is 1.28 bits per heavy atom. The molecule has 0 aliphatic carbocycles. The topological polar surface area (TPSA) is 24.5 Å². The van der Waals surface area contributed by atoms with Gasteiger partial charge in [-0.05, 0) is 18.2 Å². The first-order valence-electron chi connectivity index (χ1n) is 6.34. The molecule has 1 aromatic carbocycles. The summed E-state index contributed by atoms with van der Waals surface area (Å²) in [5.41, 5.74) is 2.64. The van der Waals surface area contributed by atoms with E-state index in [9.17, 15) is 0 Å². The van der Waals surface area contributed by atoms with E-state index in [1.54, 1.807) is 7.11 Å². The monoisotopic (exact) mass is 248 g/mol. The number of benzene rings is 1. The summed E-state index contributed by atoms with van der Waals surface area (Å²) in [6.45, 7) is 8.23. The first-order chi connectivity index (χ1) is 8.80. The van der Waals surface area contributed by atoms with Crippen molar-refractivity contribution in [2.75, 3.05) is 33.9 Å². The van der Waals surface area contributed by atoms with Crippen LogP contribution in [0, 0.1) is 0 Å². The Morgan fingerprint density at radius 2 is 1.94 bits per heavy atom. The van der Waals surface area contributed by atoms with E-state index in [-0.39, 0.29) is 0 Å². The molecule has 0 saturated heterocycles. The van der Waals surface area contributed by atoms with Crippen LogP contribution in [0.5, 0.6) is 0 Å². The highest BCUT2D eigenvalue weighted by atomic mass is 16.5. The summed E-state index contributed by atoms with van der Waals surface area (Å²) in [4.78, 5) is 2.32. The molecule has 0 saturated carbocycles. The third kappa shape index (κ3) is 5.45. The average Bonchev–Trinajstić information content (AvgIpc) is 2.39. The summed E-state index contributed by atoms with van der Waals surface area (Å²) in [6, 6.07) is 8.73. The number of rotatable bonds is 9. The lowest BCUT2D eigenvalue weighted by atomic mass is 10.1. The zero-order valence-corrected chi connectivity index (χ0v) is 11.5. The van der Waals surface area contributed by atoms with Gasteiger partial charge in [0.25, 0.3) is 0 Å². The van der Waals surface area contributed by atoms with Crippen molar-refractivity contribution in [3.05, 3.63) is 48.0 Å². The Bertz CT molecular complexity index is 335. The van der Waals surface area contributed by atoms with Crippen LogP contribution in [0.1, 0.15) is 11.1 Å². The van der Waals surface area contributed by atoms with Crippen molar-refractivity contribution in [3.63, 3.8) is 0 Å². The molecular weight excluding hydrogens is 224 g/mol. The van der Waals surface area contributed by atoms with Gasteiger partial charge >= 0.3 is 0 Å². The van der Waals surface area contributed by atoms with E-state index < -0.39 is 0 Å². The van der Waals surface area contributed by atoms with E-state index in [1.807, 2.05) is 13.1 Å². The smallest absolute Gasteiger partial charge is 0.0589 e. The SMILES string of the molecule is C=CCN(CCOC)Cc1ccc(CNC)cc1. The molecule has 0 bridgehead atoms. The standard InChI is InChI=1S/C15H24N2O/c1-4-9-17(10-11-18-3)13-15-7-5-14(6-8-15)12-16-2/h4-8,16H,1,9-13H2,2-3H3. The fraction of sp³-hybridized carbons (Fsp3) is 0.467. The molecule has 1 N–H and O–H groups in total. The zero-order chi connectivity index (χ0) is 13.2. The Balaban J connectivity index is 2.53. The number of ether oxygens (including phenoxy) is 1. The van der Waals surface area contributed by atoms with Gasteiger partial charge in [0.15, 0.2) is 0 Å². The maximum absolute atomic E-state index is 5.12. The van der Waals surface area contributed by atoms with Gasteiger partial charge in [-0.2, -0.15) is 0 Å². The van der Waals surface area contributed by atoms with E-state index in [1.165, 1.54) is 11.1 Å². The normalized spacial score (nSPS) is 10.8. The van der Waals surface area contributed by atoms with E-state index >= 15 is 0 Å². The van der Waals surface area contributed by atoms with E-state index in [0.717, 1.165) is 32.8 Å². The van der Waals surface area contributed by atoms with Crippen molar-refractivity contribution in [1.29, 1.82) is 0 Å². The fourth-order valence-electron chi connectivity index (χ4n) is 1.86. The van der Waals surface area contributed by atoms with Crippen LogP contribution >= 0.6 is 0 Å². The molecule has 3 heteroatoms. The lowest BCUT2D eigenvalue weighted by molar-refractivity contribution is 0.151. The molecule has 0 atom stereocenters. The minimum atomic E-state index is 0.756. The molecule has 100 valence electrons. The van der Waals surface area contributed by atoms with Gasteiger partial charge in [-0.15, -0.1) is 6.58 Å². The molecule has 0 aliphatic heterocycles. The predicted molar refractivity (Wildman–Crippen MR) is 76.6 cm³/mol. The lowest BCUT2D eigenvalue weighted by Crippen LogP contribution is -2.27. The Morgan fingerprint density at radius 3 is 2.50 bits per heavy atom. The number of nitrogens with one attached hydrogen (secondary N) is 1. The van der Waals surface area contributed by atoms with Crippen molar-refractivity contribution < 1.29 is 4.74 Å². The second-order valence-corrected chi connectivity index (χ2v) is 4.36. The van der Waals surface area contributed by atoms with Gasteiger partial charge in [-0.25, -0.2) is 0 Å². The Hall–Kier alpha value is -1.16. The number of hydrogen-bond donors (Lipinski definition) is 1. The minimum Gasteiger partial charge on any atom is -0.383 e. The highest BCUT2D eigenvalue weighted by Crippen LogP contribution is 2.07. The Labute approximate surface area is 110 Å². The van der Waals surface area contributed by atoms with Gasteiger partial charge in [0.1, 0.15) is 0 Å². The Kier molecular flexibility index (Phi) is 7.34. The molecule has 0 unspecified atom stereocenters. The average molecular weight is 248 g/mol. The van der Waals surface area contributed by atoms with Crippen molar-refractivity contribution in [2.45, 2.75) is 13.1 Å². The van der Waals surface area contributed by atoms with Gasteiger partial charge in [0.2, 0.25) is 0 Å². The second kappa shape index (κ2) is 8.86. The van der Waals surface area contributed by atoms with Crippen molar-refractivity contribution in [1.82, 2.24) is 10.2 Å². The highest BCUT2D eigenvalue weighted by molar-refractivity contribution is 5.22. The molecule has 18 heavy (non-hydrogen) atoms. The summed E-state index contributed by atoms with van der Waals surface area (Å²) >= 11 is 0. The number of hydrogen-bond acceptors (Lipinski definition) is 3. The van der Waals surface area contributed by atoms with Crippen molar-refractivity contribution in [2.24, 2.45) is 0 Å². The summed E-state index contributed by atoms with van der Waals surface area (Å²) in [5, 5.41) is 3.15. The van der Waals surface area contributed by atoms with E-state index in [4.69, 9.17) is 4.74 Å². The molecule has 0 aliphatic rings. The third-order valence-electron chi connectivity index (χ3n) is 2.81. The number of methoxy groups -OCH3 is 1. The molecule has 0 fully saturated rings. The van der Waals surface area contributed by atoms with Gasteiger partial charge in [-0.1, -0.05) is 30.3 Å². The summed E-state index contributed by atoms with van der Waals surface area (Å²) < 4.78 is 5.12. The maximum atomic E-state index is 5.12. The predicted octanol–water partition coefficient (Wildman–Crippen LogP) is 2.04. The quantitative estimate of drug-likeness (QED) is 0.677. The van der Waals surface area contributed by atoms with Crippen LogP contribution in [0.25, 0.3) is 0 Å². The summed E-state index contributed by atoms with van der Waals surface area (Å²) in [7, 11) is 3.70. The molecule has 0 spiro atoms. The largest absolute Gasteiger partial charge is 0.383 e. The van der Waals surface area contributed by atoms with Crippen LogP contribution in [0.2, 0.25) is 0 Å². The van der Waals surface area contributed by atoms with Crippen LogP contribution in [0.3, 0.4) is 0 Å². The fourth-order valence-corrected chi connectivity index (χ4v) is 1.86. The van der Waals surface area contributed by atoms with E-state index in [2.05, 4.69) is 41.1 Å². The summed E-state index contributed by atoms with van der Waals surface area (Å²) in [6.07, 6.45) is 1.94. The third-order valence-corrected chi connectivity index (χ3v) is 2.81. The molecule has 1 rings (SSSR count). The molecule has 1 aromatic rings. The van der Waals surface area contributed by atoms with Gasteiger partial charge < -0.3 is 10.1 Å². The van der Waals surface area contributed by atoms with Gasteiger partial charge in [0, 0.05) is 33.3 Å². The summed E-state index contributed by atoms with van der Waals surface area (Å²) in [5.74, 6) is 0. The van der Waals surface area contributed by atoms with Crippen LogP contribution in [0.15, 0.2) is 36.9 Å². The van der Waals surface area contributed by atoms with E-state index in [0.29, 0.717) is 0 Å². The molecule has 3 nitrogen and oxygen atoms in total. The molecular formula is C15H24N2O. The second-order valence-electron chi connectivity index (χ2n) is 4.36. The minimum absolute atomic E-state index is 0.756. The first kappa shape index (κ1) is 14.9.